The van der Waals surface area contributed by atoms with Crippen LogP contribution in [0.2, 0.25) is 0 Å². The summed E-state index contributed by atoms with van der Waals surface area (Å²) in [6, 6.07) is 0. The van der Waals surface area contributed by atoms with Crippen molar-refractivity contribution in [2.45, 2.75) is 78.7 Å². The van der Waals surface area contributed by atoms with Gasteiger partial charge in [0.1, 0.15) is 6.61 Å². The Hall–Kier alpha value is -1.52. The van der Waals surface area contributed by atoms with Crippen LogP contribution < -0.4 is 16.1 Å². The first-order chi connectivity index (χ1) is 10.3. The zero-order chi connectivity index (χ0) is 16.8. The van der Waals surface area contributed by atoms with Gasteiger partial charge in [0.05, 0.1) is 6.20 Å². The number of nitrogens with zero attached hydrogens (tertiary/aromatic N) is 2. The topological polar surface area (TPSA) is 53.2 Å². The molecule has 0 aliphatic heterocycles. The monoisotopic (exact) mass is 310 g/mol. The van der Waals surface area contributed by atoms with E-state index in [-0.39, 0.29) is 5.56 Å². The third-order valence-corrected chi connectivity index (χ3v) is 3.63. The molecule has 1 rings (SSSR count). The second-order valence-corrected chi connectivity index (χ2v) is 6.83. The number of hydrogen-bond acceptors (Lipinski definition) is 3. The highest BCUT2D eigenvalue weighted by molar-refractivity contribution is 5.03. The van der Waals surface area contributed by atoms with Crippen molar-refractivity contribution in [3.8, 4) is 0 Å². The lowest BCUT2D eigenvalue weighted by molar-refractivity contribution is 0.0863. The number of unbranched alkanes of at least 4 members (excludes halogenated alkanes) is 5. The third kappa shape index (κ3) is 5.04. The van der Waals surface area contributed by atoms with Crippen LogP contribution in [0.25, 0.3) is 0 Å². The van der Waals surface area contributed by atoms with Crippen LogP contribution in [-0.4, -0.2) is 15.9 Å². The zero-order valence-electron chi connectivity index (χ0n) is 14.6. The Kier molecular flexibility index (Phi) is 6.91. The van der Waals surface area contributed by atoms with Crippen LogP contribution in [0.1, 0.15) is 71.8 Å². The molecule has 0 aliphatic rings. The van der Waals surface area contributed by atoms with Gasteiger partial charge in [0.25, 0.3) is 5.56 Å². The van der Waals surface area contributed by atoms with Crippen LogP contribution in [0.5, 0.6) is 0 Å². The van der Waals surface area contributed by atoms with Gasteiger partial charge in [-0.1, -0.05) is 32.6 Å². The molecular weight excluding hydrogens is 280 g/mol. The molecule has 0 unspecified atom stereocenters. The molecule has 0 atom stereocenters. The van der Waals surface area contributed by atoms with E-state index >= 15 is 0 Å². The van der Waals surface area contributed by atoms with Gasteiger partial charge >= 0.3 is 5.69 Å². The predicted molar refractivity (Wildman–Crippen MR) is 89.5 cm³/mol. The summed E-state index contributed by atoms with van der Waals surface area (Å²) >= 11 is 0. The van der Waals surface area contributed by atoms with Crippen molar-refractivity contribution >= 4 is 0 Å². The zero-order valence-corrected chi connectivity index (χ0v) is 14.6. The largest absolute Gasteiger partial charge is 0.410 e. The van der Waals surface area contributed by atoms with Crippen molar-refractivity contribution in [3.05, 3.63) is 32.6 Å². The Balaban J connectivity index is 2.71. The highest BCUT2D eigenvalue weighted by Gasteiger charge is 2.21. The fourth-order valence-corrected chi connectivity index (χ4v) is 2.38. The maximum Gasteiger partial charge on any atom is 0.364 e. The molecule has 0 N–H and O–H groups in total. The maximum atomic E-state index is 12.4. The molecule has 0 bridgehead atoms. The predicted octanol–water partition coefficient (Wildman–Crippen LogP) is 2.86. The molecule has 5 nitrogen and oxygen atoms in total. The molecule has 1 aromatic rings. The molecule has 0 aromatic carbocycles. The van der Waals surface area contributed by atoms with E-state index in [0.717, 1.165) is 12.8 Å². The van der Waals surface area contributed by atoms with E-state index in [1.54, 1.807) is 6.92 Å². The Bertz CT molecular complexity index is 579. The Labute approximate surface area is 132 Å². The van der Waals surface area contributed by atoms with Crippen LogP contribution in [0.15, 0.2) is 15.8 Å². The van der Waals surface area contributed by atoms with Crippen molar-refractivity contribution in [1.29, 1.82) is 0 Å². The van der Waals surface area contributed by atoms with Crippen LogP contribution >= 0.6 is 0 Å². The fourth-order valence-electron chi connectivity index (χ4n) is 2.38. The molecule has 0 spiro atoms. The second-order valence-electron chi connectivity index (χ2n) is 6.83. The summed E-state index contributed by atoms with van der Waals surface area (Å²) in [6.07, 6.45) is 8.48. The fraction of sp³-hybridized carbons (Fsp3) is 0.765. The van der Waals surface area contributed by atoms with E-state index in [9.17, 15) is 9.59 Å². The summed E-state index contributed by atoms with van der Waals surface area (Å²) in [4.78, 5) is 30.1. The van der Waals surface area contributed by atoms with Crippen LogP contribution in [0.3, 0.4) is 0 Å². The van der Waals surface area contributed by atoms with Gasteiger partial charge in [0.15, 0.2) is 0 Å². The lowest BCUT2D eigenvalue weighted by Gasteiger charge is -2.22. The summed E-state index contributed by atoms with van der Waals surface area (Å²) in [7, 11) is 0. The van der Waals surface area contributed by atoms with Crippen molar-refractivity contribution < 1.29 is 4.84 Å². The quantitative estimate of drug-likeness (QED) is 0.694. The van der Waals surface area contributed by atoms with Crippen molar-refractivity contribution in [3.63, 3.8) is 0 Å². The summed E-state index contributed by atoms with van der Waals surface area (Å²) in [5, 5.41) is 0. The summed E-state index contributed by atoms with van der Waals surface area (Å²) in [6.45, 7) is 9.92. The van der Waals surface area contributed by atoms with E-state index in [1.165, 1.54) is 41.2 Å². The molecule has 0 saturated carbocycles. The van der Waals surface area contributed by atoms with Gasteiger partial charge in [0, 0.05) is 11.1 Å². The van der Waals surface area contributed by atoms with Crippen molar-refractivity contribution in [2.24, 2.45) is 0 Å². The lowest BCUT2D eigenvalue weighted by atomic mass is 10.1. The second kappa shape index (κ2) is 8.20. The Morgan fingerprint density at radius 3 is 2.23 bits per heavy atom. The first-order valence-electron chi connectivity index (χ1n) is 8.28. The highest BCUT2D eigenvalue weighted by atomic mass is 16.7. The van der Waals surface area contributed by atoms with Gasteiger partial charge in [0.2, 0.25) is 0 Å². The van der Waals surface area contributed by atoms with Gasteiger partial charge in [-0.05, 0) is 40.5 Å². The average molecular weight is 310 g/mol. The molecule has 22 heavy (non-hydrogen) atoms. The molecule has 5 heteroatoms. The summed E-state index contributed by atoms with van der Waals surface area (Å²) in [5.41, 5.74) is -0.714. The van der Waals surface area contributed by atoms with Crippen LogP contribution in [0, 0.1) is 6.92 Å². The van der Waals surface area contributed by atoms with Gasteiger partial charge in [-0.2, -0.15) is 0 Å². The third-order valence-electron chi connectivity index (χ3n) is 3.63. The van der Waals surface area contributed by atoms with Crippen molar-refractivity contribution in [1.82, 2.24) is 9.30 Å². The SMILES string of the molecule is CCCCCCCCOn1cc(C)c(=O)n(C(C)(C)C)c1=O. The summed E-state index contributed by atoms with van der Waals surface area (Å²) < 4.78 is 2.46. The standard InChI is InChI=1S/C17H30N2O3/c1-6-7-8-9-10-11-12-22-18-13-14(2)15(20)19(16(18)21)17(3,4)5/h13H,6-12H2,1-5H3. The number of aryl methyl sites for hydroxylation is 1. The van der Waals surface area contributed by atoms with Gasteiger partial charge in [-0.3, -0.25) is 9.36 Å². The minimum atomic E-state index is -0.564. The summed E-state index contributed by atoms with van der Waals surface area (Å²) in [5.74, 6) is 0. The Morgan fingerprint density at radius 2 is 1.64 bits per heavy atom. The van der Waals surface area contributed by atoms with Crippen LogP contribution in [0.4, 0.5) is 0 Å². The van der Waals surface area contributed by atoms with Gasteiger partial charge < -0.3 is 4.84 Å². The molecule has 0 saturated heterocycles. The molecule has 126 valence electrons. The molecule has 0 fully saturated rings. The number of hydrogen-bond donors (Lipinski definition) is 0. The molecule has 0 radical (unpaired) electrons. The maximum absolute atomic E-state index is 12.4. The van der Waals surface area contributed by atoms with Gasteiger partial charge in [-0.15, -0.1) is 4.73 Å². The molecular formula is C17H30N2O3. The molecule has 0 aliphatic carbocycles. The number of aromatic nitrogens is 2. The lowest BCUT2D eigenvalue weighted by Crippen LogP contribution is -2.49. The minimum absolute atomic E-state index is 0.253. The van der Waals surface area contributed by atoms with E-state index in [1.807, 2.05) is 20.8 Å². The smallest absolute Gasteiger partial charge is 0.364 e. The van der Waals surface area contributed by atoms with E-state index in [4.69, 9.17) is 4.84 Å². The molecule has 0 amide bonds. The van der Waals surface area contributed by atoms with Crippen LogP contribution in [-0.2, 0) is 5.54 Å². The molecule has 1 heterocycles. The van der Waals surface area contributed by atoms with E-state index < -0.39 is 11.2 Å². The van der Waals surface area contributed by atoms with E-state index in [0.29, 0.717) is 12.2 Å². The highest BCUT2D eigenvalue weighted by Crippen LogP contribution is 2.08. The molecule has 1 aromatic heterocycles. The Morgan fingerprint density at radius 1 is 1.05 bits per heavy atom. The number of rotatable bonds is 8. The van der Waals surface area contributed by atoms with Gasteiger partial charge in [-0.25, -0.2) is 4.79 Å². The average Bonchev–Trinajstić information content (AvgIpc) is 2.42. The van der Waals surface area contributed by atoms with Crippen molar-refractivity contribution in [2.75, 3.05) is 6.61 Å². The minimum Gasteiger partial charge on any atom is -0.410 e. The van der Waals surface area contributed by atoms with E-state index in [2.05, 4.69) is 6.92 Å². The normalized spacial score (nSPS) is 11.7. The first-order valence-corrected chi connectivity index (χ1v) is 8.28. The first kappa shape index (κ1) is 18.5.